The summed E-state index contributed by atoms with van der Waals surface area (Å²) in [7, 11) is 1.90. The van der Waals surface area contributed by atoms with Crippen LogP contribution in [-0.4, -0.2) is 43.3 Å². The van der Waals surface area contributed by atoms with Crippen molar-refractivity contribution >= 4 is 17.1 Å². The maximum atomic E-state index is 12.9. The van der Waals surface area contributed by atoms with Gasteiger partial charge in [0.15, 0.2) is 5.82 Å². The molecule has 1 aliphatic heterocycles. The molecular formula is C24H26N6O. The second-order valence-electron chi connectivity index (χ2n) is 8.87. The van der Waals surface area contributed by atoms with Crippen molar-refractivity contribution in [3.63, 3.8) is 0 Å². The molecule has 0 N–H and O–H groups in total. The van der Waals surface area contributed by atoms with Gasteiger partial charge in [0.1, 0.15) is 17.6 Å². The van der Waals surface area contributed by atoms with Crippen LogP contribution < -0.4 is 4.90 Å². The first-order valence-electron chi connectivity index (χ1n) is 10.6. The standard InChI is InChI=1S/C24H26N6O/c1-17-4-6-18(7-5-17)8-9-22(31)24(2)14-29(15-24)23-21-10-19(13-30(21)27-16-25-23)20-11-26-28(3)12-20/h4-7,10-13,16H,8-9,14-15H2,1-3H3. The molecule has 1 aliphatic rings. The summed E-state index contributed by atoms with van der Waals surface area (Å²) in [6.07, 6.45) is 8.75. The van der Waals surface area contributed by atoms with Crippen molar-refractivity contribution in [3.05, 3.63) is 66.4 Å². The minimum absolute atomic E-state index is 0.320. The average Bonchev–Trinajstić information content (AvgIpc) is 3.36. The van der Waals surface area contributed by atoms with Crippen LogP contribution in [0.5, 0.6) is 0 Å². The van der Waals surface area contributed by atoms with Gasteiger partial charge >= 0.3 is 0 Å². The smallest absolute Gasteiger partial charge is 0.156 e. The summed E-state index contributed by atoms with van der Waals surface area (Å²) in [5.41, 5.74) is 5.16. The summed E-state index contributed by atoms with van der Waals surface area (Å²) in [6, 6.07) is 10.5. The first kappa shape index (κ1) is 19.5. The molecule has 7 nitrogen and oxygen atoms in total. The third-order valence-electron chi connectivity index (χ3n) is 6.24. The predicted molar refractivity (Wildman–Crippen MR) is 120 cm³/mol. The van der Waals surface area contributed by atoms with Gasteiger partial charge in [-0.25, -0.2) is 9.50 Å². The number of ketones is 1. The van der Waals surface area contributed by atoms with Crippen LogP contribution in [-0.2, 0) is 18.3 Å². The van der Waals surface area contributed by atoms with Gasteiger partial charge in [0.05, 0.1) is 11.6 Å². The summed E-state index contributed by atoms with van der Waals surface area (Å²) < 4.78 is 3.63. The van der Waals surface area contributed by atoms with Crippen LogP contribution in [0.4, 0.5) is 5.82 Å². The lowest BCUT2D eigenvalue weighted by molar-refractivity contribution is -0.129. The lowest BCUT2D eigenvalue weighted by atomic mass is 9.76. The zero-order chi connectivity index (χ0) is 21.6. The van der Waals surface area contributed by atoms with E-state index in [1.165, 1.54) is 11.1 Å². The normalized spacial score (nSPS) is 15.3. The molecule has 5 rings (SSSR count). The quantitative estimate of drug-likeness (QED) is 0.483. The van der Waals surface area contributed by atoms with Crippen molar-refractivity contribution in [1.29, 1.82) is 0 Å². The molecule has 4 heterocycles. The van der Waals surface area contributed by atoms with E-state index < -0.39 is 0 Å². The van der Waals surface area contributed by atoms with Crippen LogP contribution in [0.1, 0.15) is 24.5 Å². The van der Waals surface area contributed by atoms with Crippen molar-refractivity contribution < 1.29 is 4.79 Å². The minimum Gasteiger partial charge on any atom is -0.353 e. The molecule has 158 valence electrons. The Morgan fingerprint density at radius 1 is 1.10 bits per heavy atom. The Balaban J connectivity index is 1.29. The Bertz CT molecular complexity index is 1250. The van der Waals surface area contributed by atoms with Crippen LogP contribution in [0, 0.1) is 12.3 Å². The predicted octanol–water partition coefficient (Wildman–Crippen LogP) is 3.47. The second kappa shape index (κ2) is 7.34. The molecule has 0 unspecified atom stereocenters. The Hall–Kier alpha value is -3.48. The number of benzene rings is 1. The number of hydrogen-bond donors (Lipinski definition) is 0. The molecular weight excluding hydrogens is 388 g/mol. The highest BCUT2D eigenvalue weighted by molar-refractivity contribution is 5.89. The number of Topliss-reactive ketones (excluding diaryl/α,β-unsaturated/α-hetero) is 1. The number of carbonyl (C=O) groups is 1. The Morgan fingerprint density at radius 3 is 2.58 bits per heavy atom. The van der Waals surface area contributed by atoms with Crippen LogP contribution >= 0.6 is 0 Å². The zero-order valence-electron chi connectivity index (χ0n) is 18.1. The highest BCUT2D eigenvalue weighted by Crippen LogP contribution is 2.37. The van der Waals surface area contributed by atoms with Gasteiger partial charge in [0, 0.05) is 50.1 Å². The lowest BCUT2D eigenvalue weighted by Gasteiger charge is -2.47. The van der Waals surface area contributed by atoms with E-state index >= 15 is 0 Å². The Morgan fingerprint density at radius 2 is 1.87 bits per heavy atom. The largest absolute Gasteiger partial charge is 0.353 e. The average molecular weight is 415 g/mol. The molecule has 7 heteroatoms. The molecule has 3 aromatic heterocycles. The molecule has 4 aromatic rings. The van der Waals surface area contributed by atoms with Gasteiger partial charge in [-0.15, -0.1) is 0 Å². The number of hydrogen-bond acceptors (Lipinski definition) is 5. The molecule has 0 radical (unpaired) electrons. The number of nitrogens with zero attached hydrogens (tertiary/aromatic N) is 6. The molecule has 0 aliphatic carbocycles. The van der Waals surface area contributed by atoms with Crippen molar-refractivity contribution in [1.82, 2.24) is 24.4 Å². The van der Waals surface area contributed by atoms with E-state index in [-0.39, 0.29) is 5.41 Å². The first-order chi connectivity index (χ1) is 14.9. The van der Waals surface area contributed by atoms with Crippen LogP contribution in [0.3, 0.4) is 0 Å². The van der Waals surface area contributed by atoms with E-state index in [1.54, 1.807) is 11.0 Å². The highest BCUT2D eigenvalue weighted by atomic mass is 16.1. The Labute approximate surface area is 181 Å². The SMILES string of the molecule is Cc1ccc(CCC(=O)C2(C)CN(c3ncnn4cc(-c5cnn(C)c5)cc34)C2)cc1. The van der Waals surface area contributed by atoms with E-state index in [2.05, 4.69) is 64.3 Å². The molecule has 0 bridgehead atoms. The molecule has 1 aromatic carbocycles. The topological polar surface area (TPSA) is 68.3 Å². The van der Waals surface area contributed by atoms with Crippen molar-refractivity contribution in [2.75, 3.05) is 18.0 Å². The molecule has 1 fully saturated rings. The molecule has 1 saturated heterocycles. The lowest BCUT2D eigenvalue weighted by Crippen LogP contribution is -2.59. The van der Waals surface area contributed by atoms with E-state index in [1.807, 2.05) is 30.2 Å². The zero-order valence-corrected chi connectivity index (χ0v) is 18.1. The monoisotopic (exact) mass is 414 g/mol. The fourth-order valence-corrected chi connectivity index (χ4v) is 4.33. The van der Waals surface area contributed by atoms with Gasteiger partial charge in [0.2, 0.25) is 0 Å². The van der Waals surface area contributed by atoms with Gasteiger partial charge in [-0.1, -0.05) is 29.8 Å². The second-order valence-corrected chi connectivity index (χ2v) is 8.87. The maximum Gasteiger partial charge on any atom is 0.156 e. The summed E-state index contributed by atoms with van der Waals surface area (Å²) in [6.45, 7) is 5.51. The van der Waals surface area contributed by atoms with Crippen molar-refractivity contribution in [2.45, 2.75) is 26.7 Å². The number of aryl methyl sites for hydroxylation is 3. The van der Waals surface area contributed by atoms with Crippen LogP contribution in [0.25, 0.3) is 16.6 Å². The summed E-state index contributed by atoms with van der Waals surface area (Å²) in [5, 5.41) is 8.61. The van der Waals surface area contributed by atoms with E-state index in [9.17, 15) is 4.79 Å². The molecule has 0 saturated carbocycles. The van der Waals surface area contributed by atoms with E-state index in [4.69, 9.17) is 0 Å². The van der Waals surface area contributed by atoms with E-state index in [0.29, 0.717) is 25.3 Å². The highest BCUT2D eigenvalue weighted by Gasteiger charge is 2.45. The van der Waals surface area contributed by atoms with Crippen molar-refractivity contribution in [2.24, 2.45) is 12.5 Å². The summed E-state index contributed by atoms with van der Waals surface area (Å²) in [4.78, 5) is 19.6. The van der Waals surface area contributed by atoms with Gasteiger partial charge in [-0.05, 0) is 31.9 Å². The number of rotatable bonds is 6. The number of fused-ring (bicyclic) bond motifs is 1. The molecule has 0 spiro atoms. The van der Waals surface area contributed by atoms with Crippen LogP contribution in [0.2, 0.25) is 0 Å². The number of aromatic nitrogens is 5. The van der Waals surface area contributed by atoms with E-state index in [0.717, 1.165) is 28.9 Å². The fraction of sp³-hybridized carbons (Fsp3) is 0.333. The fourth-order valence-electron chi connectivity index (χ4n) is 4.33. The number of anilines is 1. The maximum absolute atomic E-state index is 12.9. The van der Waals surface area contributed by atoms with Gasteiger partial charge < -0.3 is 4.90 Å². The Kier molecular flexibility index (Phi) is 4.61. The van der Waals surface area contributed by atoms with Crippen LogP contribution in [0.15, 0.2) is 55.2 Å². The number of carbonyl (C=O) groups excluding carboxylic acids is 1. The summed E-state index contributed by atoms with van der Waals surface area (Å²) >= 11 is 0. The van der Waals surface area contributed by atoms with Crippen molar-refractivity contribution in [3.8, 4) is 11.1 Å². The molecule has 0 atom stereocenters. The van der Waals surface area contributed by atoms with Gasteiger partial charge in [-0.2, -0.15) is 10.2 Å². The minimum atomic E-state index is -0.328. The summed E-state index contributed by atoms with van der Waals surface area (Å²) in [5.74, 6) is 1.19. The third kappa shape index (κ3) is 3.60. The first-order valence-corrected chi connectivity index (χ1v) is 10.6. The molecule has 31 heavy (non-hydrogen) atoms. The third-order valence-corrected chi connectivity index (χ3v) is 6.24. The van der Waals surface area contributed by atoms with Gasteiger partial charge in [0.25, 0.3) is 0 Å². The molecule has 0 amide bonds. The van der Waals surface area contributed by atoms with Gasteiger partial charge in [-0.3, -0.25) is 9.48 Å².